The van der Waals surface area contributed by atoms with Gasteiger partial charge in [-0.05, 0) is 12.5 Å². The summed E-state index contributed by atoms with van der Waals surface area (Å²) in [5.74, 6) is 0.413. The molecular formula is C15H18N4O. The predicted molar refractivity (Wildman–Crippen MR) is 78.7 cm³/mol. The molecule has 0 fully saturated rings. The van der Waals surface area contributed by atoms with Crippen LogP contribution in [0, 0.1) is 6.92 Å². The summed E-state index contributed by atoms with van der Waals surface area (Å²) in [6.07, 6.45) is 3.07. The fourth-order valence-electron chi connectivity index (χ4n) is 1.66. The molecule has 1 N–H and O–H groups in total. The molecule has 0 atom stereocenters. The van der Waals surface area contributed by atoms with Gasteiger partial charge in [0.1, 0.15) is 0 Å². The maximum atomic E-state index is 12.0. The van der Waals surface area contributed by atoms with Crippen LogP contribution in [0.3, 0.4) is 0 Å². The van der Waals surface area contributed by atoms with Crippen LogP contribution in [0.1, 0.15) is 21.5 Å². The van der Waals surface area contributed by atoms with Crippen LogP contribution in [-0.2, 0) is 6.54 Å². The van der Waals surface area contributed by atoms with Crippen LogP contribution in [-0.4, -0.2) is 30.0 Å². The first kappa shape index (κ1) is 14.0. The summed E-state index contributed by atoms with van der Waals surface area (Å²) in [5, 5.41) is 2.85. The van der Waals surface area contributed by atoms with Crippen LogP contribution in [0.4, 0.5) is 5.95 Å². The first-order chi connectivity index (χ1) is 9.56. The lowest BCUT2D eigenvalue weighted by Gasteiger charge is -2.10. The van der Waals surface area contributed by atoms with Crippen molar-refractivity contribution in [2.75, 3.05) is 19.0 Å². The number of hydrogen-bond donors (Lipinski definition) is 1. The number of benzene rings is 1. The molecule has 104 valence electrons. The second-order valence-corrected chi connectivity index (χ2v) is 4.83. The number of aromatic nitrogens is 2. The van der Waals surface area contributed by atoms with Crippen LogP contribution in [0.15, 0.2) is 36.7 Å². The van der Waals surface area contributed by atoms with Crippen molar-refractivity contribution in [2.24, 2.45) is 0 Å². The van der Waals surface area contributed by atoms with Crippen LogP contribution in [0.2, 0.25) is 0 Å². The minimum Gasteiger partial charge on any atom is -0.348 e. The Morgan fingerprint density at radius 3 is 2.30 bits per heavy atom. The van der Waals surface area contributed by atoms with Crippen LogP contribution >= 0.6 is 0 Å². The van der Waals surface area contributed by atoms with Crippen molar-refractivity contribution in [1.82, 2.24) is 15.3 Å². The van der Waals surface area contributed by atoms with E-state index in [9.17, 15) is 4.79 Å². The number of nitrogens with one attached hydrogen (secondary N) is 1. The van der Waals surface area contributed by atoms with Gasteiger partial charge in [-0.2, -0.15) is 0 Å². The fraction of sp³-hybridized carbons (Fsp3) is 0.267. The highest BCUT2D eigenvalue weighted by molar-refractivity contribution is 5.93. The molecular weight excluding hydrogens is 252 g/mol. The molecule has 0 radical (unpaired) electrons. The number of amides is 1. The lowest BCUT2D eigenvalue weighted by Crippen LogP contribution is -2.23. The van der Waals surface area contributed by atoms with Crippen molar-refractivity contribution in [2.45, 2.75) is 13.5 Å². The van der Waals surface area contributed by atoms with E-state index < -0.39 is 0 Å². The van der Waals surface area contributed by atoms with Gasteiger partial charge >= 0.3 is 0 Å². The Morgan fingerprint density at radius 2 is 1.75 bits per heavy atom. The highest BCUT2D eigenvalue weighted by Crippen LogP contribution is 2.05. The fourth-order valence-corrected chi connectivity index (χ4v) is 1.66. The number of anilines is 1. The van der Waals surface area contributed by atoms with E-state index >= 15 is 0 Å². The van der Waals surface area contributed by atoms with E-state index in [1.54, 1.807) is 4.90 Å². The zero-order valence-electron chi connectivity index (χ0n) is 11.9. The van der Waals surface area contributed by atoms with Gasteiger partial charge in [0.2, 0.25) is 5.95 Å². The Morgan fingerprint density at radius 1 is 1.15 bits per heavy atom. The number of nitrogens with zero attached hydrogens (tertiary/aromatic N) is 3. The average molecular weight is 270 g/mol. The summed E-state index contributed by atoms with van der Waals surface area (Å²) in [5.41, 5.74) is 2.73. The molecule has 5 nitrogen and oxygen atoms in total. The number of carbonyl (C=O) groups excluding carboxylic acids is 1. The van der Waals surface area contributed by atoms with Crippen molar-refractivity contribution < 1.29 is 4.79 Å². The molecule has 2 rings (SSSR count). The third-order valence-corrected chi connectivity index (χ3v) is 2.87. The van der Waals surface area contributed by atoms with E-state index in [-0.39, 0.29) is 5.91 Å². The Labute approximate surface area is 118 Å². The predicted octanol–water partition coefficient (Wildman–Crippen LogP) is 1.78. The molecule has 0 aliphatic heterocycles. The first-order valence-electron chi connectivity index (χ1n) is 6.39. The largest absolute Gasteiger partial charge is 0.348 e. The van der Waals surface area contributed by atoms with E-state index in [1.807, 2.05) is 45.3 Å². The van der Waals surface area contributed by atoms with E-state index in [2.05, 4.69) is 15.3 Å². The smallest absolute Gasteiger partial charge is 0.254 e. The first-order valence-corrected chi connectivity index (χ1v) is 6.39. The van der Waals surface area contributed by atoms with Gasteiger partial charge in [-0.1, -0.05) is 29.8 Å². The summed E-state index contributed by atoms with van der Waals surface area (Å²) >= 11 is 0. The maximum Gasteiger partial charge on any atom is 0.254 e. The van der Waals surface area contributed by atoms with Crippen molar-refractivity contribution in [3.05, 3.63) is 53.3 Å². The molecule has 0 aliphatic rings. The summed E-state index contributed by atoms with van der Waals surface area (Å²) in [6, 6.07) is 8.05. The van der Waals surface area contributed by atoms with Gasteiger partial charge in [-0.15, -0.1) is 0 Å². The molecule has 0 aliphatic carbocycles. The third kappa shape index (κ3) is 3.54. The Hall–Kier alpha value is -2.43. The van der Waals surface area contributed by atoms with E-state index in [0.717, 1.165) is 5.56 Å². The monoisotopic (exact) mass is 270 g/mol. The zero-order chi connectivity index (χ0) is 14.5. The molecule has 20 heavy (non-hydrogen) atoms. The van der Waals surface area contributed by atoms with Gasteiger partial charge in [0.05, 0.1) is 5.56 Å². The average Bonchev–Trinajstić information content (AvgIpc) is 2.46. The Kier molecular flexibility index (Phi) is 4.30. The van der Waals surface area contributed by atoms with E-state index in [1.165, 1.54) is 18.0 Å². The number of hydrogen-bond acceptors (Lipinski definition) is 4. The lowest BCUT2D eigenvalue weighted by molar-refractivity contribution is 0.0950. The minimum atomic E-state index is -0.170. The van der Waals surface area contributed by atoms with E-state index in [4.69, 9.17) is 0 Å². The molecule has 0 saturated heterocycles. The third-order valence-electron chi connectivity index (χ3n) is 2.87. The van der Waals surface area contributed by atoms with Crippen LogP contribution in [0.5, 0.6) is 0 Å². The molecule has 1 aromatic heterocycles. The number of carbonyl (C=O) groups is 1. The van der Waals surface area contributed by atoms with Gasteiger partial charge < -0.3 is 10.2 Å². The minimum absolute atomic E-state index is 0.170. The molecule has 0 unspecified atom stereocenters. The molecule has 0 spiro atoms. The van der Waals surface area contributed by atoms with E-state index in [0.29, 0.717) is 18.1 Å². The number of rotatable bonds is 4. The highest BCUT2D eigenvalue weighted by atomic mass is 16.1. The quantitative estimate of drug-likeness (QED) is 0.920. The Balaban J connectivity index is 1.96. The molecule has 2 aromatic rings. The molecule has 1 heterocycles. The van der Waals surface area contributed by atoms with Gasteiger partial charge in [-0.25, -0.2) is 9.97 Å². The normalized spacial score (nSPS) is 10.2. The van der Waals surface area contributed by atoms with Gasteiger partial charge in [0.25, 0.3) is 5.91 Å². The van der Waals surface area contributed by atoms with Crippen molar-refractivity contribution in [3.8, 4) is 0 Å². The molecule has 0 saturated carbocycles. The molecule has 1 aromatic carbocycles. The van der Waals surface area contributed by atoms with Gasteiger partial charge in [0, 0.05) is 33.0 Å². The summed E-state index contributed by atoms with van der Waals surface area (Å²) in [6.45, 7) is 2.53. The van der Waals surface area contributed by atoms with Crippen molar-refractivity contribution in [3.63, 3.8) is 0 Å². The summed E-state index contributed by atoms with van der Waals surface area (Å²) in [7, 11) is 3.71. The molecule has 0 bridgehead atoms. The van der Waals surface area contributed by atoms with Gasteiger partial charge in [-0.3, -0.25) is 4.79 Å². The summed E-state index contributed by atoms with van der Waals surface area (Å²) in [4.78, 5) is 22.0. The topological polar surface area (TPSA) is 58.1 Å². The number of aryl methyl sites for hydroxylation is 1. The molecule has 1 amide bonds. The van der Waals surface area contributed by atoms with Crippen LogP contribution in [0.25, 0.3) is 0 Å². The second-order valence-electron chi connectivity index (χ2n) is 4.83. The van der Waals surface area contributed by atoms with Crippen LogP contribution < -0.4 is 10.2 Å². The zero-order valence-corrected chi connectivity index (χ0v) is 11.9. The highest BCUT2D eigenvalue weighted by Gasteiger charge is 2.07. The van der Waals surface area contributed by atoms with Crippen molar-refractivity contribution in [1.29, 1.82) is 0 Å². The summed E-state index contributed by atoms with van der Waals surface area (Å²) < 4.78 is 0. The second kappa shape index (κ2) is 6.14. The SMILES string of the molecule is Cc1ccc(CNC(=O)c2cnc(N(C)C)nc2)cc1. The van der Waals surface area contributed by atoms with Gasteiger partial charge in [0.15, 0.2) is 0 Å². The maximum absolute atomic E-state index is 12.0. The lowest BCUT2D eigenvalue weighted by atomic mass is 10.1. The standard InChI is InChI=1S/C15H18N4O/c1-11-4-6-12(7-5-11)8-16-14(20)13-9-17-15(18-10-13)19(2)3/h4-7,9-10H,8H2,1-3H3,(H,16,20). The molecule has 5 heteroatoms. The van der Waals surface area contributed by atoms with Crippen molar-refractivity contribution >= 4 is 11.9 Å². The Bertz CT molecular complexity index is 576.